The van der Waals surface area contributed by atoms with E-state index in [9.17, 15) is 4.79 Å². The number of hydrogen-bond acceptors (Lipinski definition) is 3. The van der Waals surface area contributed by atoms with Crippen LogP contribution in [0.2, 0.25) is 0 Å². The Bertz CT molecular complexity index is 814. The van der Waals surface area contributed by atoms with Gasteiger partial charge in [0.15, 0.2) is 0 Å². The molecule has 0 aliphatic carbocycles. The highest BCUT2D eigenvalue weighted by Crippen LogP contribution is 2.24. The largest absolute Gasteiger partial charge is 0.467 e. The van der Waals surface area contributed by atoms with Crippen molar-refractivity contribution >= 4 is 39.3 Å². The Morgan fingerprint density at radius 1 is 1.08 bits per heavy atom. The van der Waals surface area contributed by atoms with Gasteiger partial charge in [-0.3, -0.25) is 4.79 Å². The highest BCUT2D eigenvalue weighted by atomic mass is 79.9. The number of aryl methyl sites for hydroxylation is 1. The van der Waals surface area contributed by atoms with Crippen molar-refractivity contribution in [1.29, 1.82) is 0 Å². The van der Waals surface area contributed by atoms with Crippen LogP contribution in [0.5, 0.6) is 0 Å². The van der Waals surface area contributed by atoms with Gasteiger partial charge in [0.1, 0.15) is 5.76 Å². The molecular formula is C20H18BrNO2S. The zero-order chi connectivity index (χ0) is 17.6. The SMILES string of the molecule is Cc1ccc(N(Cc2ccco2)C(=O)CSc2ccc(Br)cc2)cc1. The number of nitrogens with zero attached hydrogens (tertiary/aromatic N) is 1. The maximum atomic E-state index is 12.8. The van der Waals surface area contributed by atoms with Crippen molar-refractivity contribution in [3.63, 3.8) is 0 Å². The Morgan fingerprint density at radius 2 is 1.80 bits per heavy atom. The molecule has 1 heterocycles. The molecule has 0 unspecified atom stereocenters. The summed E-state index contributed by atoms with van der Waals surface area (Å²) in [6.07, 6.45) is 1.63. The minimum absolute atomic E-state index is 0.0492. The average Bonchev–Trinajstić information content (AvgIpc) is 3.13. The third kappa shape index (κ3) is 5.00. The summed E-state index contributed by atoms with van der Waals surface area (Å²) in [5.41, 5.74) is 2.04. The van der Waals surface area contributed by atoms with Crippen molar-refractivity contribution in [1.82, 2.24) is 0 Å². The average molecular weight is 416 g/mol. The zero-order valence-corrected chi connectivity index (χ0v) is 16.2. The normalized spacial score (nSPS) is 10.6. The molecule has 0 aliphatic heterocycles. The van der Waals surface area contributed by atoms with Gasteiger partial charge in [0.25, 0.3) is 0 Å². The van der Waals surface area contributed by atoms with Gasteiger partial charge in [-0.1, -0.05) is 33.6 Å². The number of halogens is 1. The summed E-state index contributed by atoms with van der Waals surface area (Å²) in [6, 6.07) is 19.7. The fourth-order valence-electron chi connectivity index (χ4n) is 2.36. The van der Waals surface area contributed by atoms with E-state index in [1.165, 1.54) is 17.3 Å². The van der Waals surface area contributed by atoms with Crippen molar-refractivity contribution in [3.05, 3.63) is 82.7 Å². The van der Waals surface area contributed by atoms with Crippen LogP contribution in [0.1, 0.15) is 11.3 Å². The molecule has 0 radical (unpaired) electrons. The van der Waals surface area contributed by atoms with Crippen LogP contribution in [0, 0.1) is 6.92 Å². The Labute approximate surface area is 160 Å². The molecule has 3 aromatic rings. The van der Waals surface area contributed by atoms with Gasteiger partial charge in [-0.25, -0.2) is 0 Å². The maximum absolute atomic E-state index is 12.8. The molecule has 0 spiro atoms. The molecule has 1 aromatic heterocycles. The van der Waals surface area contributed by atoms with Crippen LogP contribution in [0.15, 0.2) is 80.7 Å². The summed E-state index contributed by atoms with van der Waals surface area (Å²) in [7, 11) is 0. The quantitative estimate of drug-likeness (QED) is 0.485. The molecule has 2 aromatic carbocycles. The van der Waals surface area contributed by atoms with E-state index in [0.717, 1.165) is 20.8 Å². The lowest BCUT2D eigenvalue weighted by molar-refractivity contribution is -0.116. The highest BCUT2D eigenvalue weighted by Gasteiger charge is 2.17. The van der Waals surface area contributed by atoms with E-state index >= 15 is 0 Å². The number of anilines is 1. The van der Waals surface area contributed by atoms with E-state index in [2.05, 4.69) is 15.9 Å². The summed E-state index contributed by atoms with van der Waals surface area (Å²) in [5.74, 6) is 1.19. The van der Waals surface area contributed by atoms with E-state index < -0.39 is 0 Å². The Kier molecular flexibility index (Phi) is 6.00. The number of carbonyl (C=O) groups excluding carboxylic acids is 1. The Balaban J connectivity index is 1.74. The minimum Gasteiger partial charge on any atom is -0.467 e. The number of hydrogen-bond donors (Lipinski definition) is 0. The van der Waals surface area contributed by atoms with Gasteiger partial charge in [-0.15, -0.1) is 11.8 Å². The molecule has 0 fully saturated rings. The first-order valence-corrected chi connectivity index (χ1v) is 9.67. The molecule has 0 saturated heterocycles. The standard InChI is InChI=1S/C20H18BrNO2S/c1-15-4-8-17(9-5-15)22(13-18-3-2-12-24-18)20(23)14-25-19-10-6-16(21)7-11-19/h2-12H,13-14H2,1H3. The monoisotopic (exact) mass is 415 g/mol. The smallest absolute Gasteiger partial charge is 0.237 e. The van der Waals surface area contributed by atoms with Crippen molar-refractivity contribution in [2.45, 2.75) is 18.4 Å². The van der Waals surface area contributed by atoms with Crippen LogP contribution in [0.3, 0.4) is 0 Å². The topological polar surface area (TPSA) is 33.5 Å². The maximum Gasteiger partial charge on any atom is 0.237 e. The first-order chi connectivity index (χ1) is 12.1. The molecule has 0 saturated carbocycles. The van der Waals surface area contributed by atoms with Gasteiger partial charge in [-0.05, 0) is 55.5 Å². The van der Waals surface area contributed by atoms with Crippen molar-refractivity contribution in [3.8, 4) is 0 Å². The second-order valence-electron chi connectivity index (χ2n) is 5.64. The molecule has 1 amide bonds. The summed E-state index contributed by atoms with van der Waals surface area (Å²) in [5, 5.41) is 0. The van der Waals surface area contributed by atoms with Crippen molar-refractivity contribution in [2.75, 3.05) is 10.7 Å². The van der Waals surface area contributed by atoms with Gasteiger partial charge in [-0.2, -0.15) is 0 Å². The van der Waals surface area contributed by atoms with Crippen LogP contribution in [-0.4, -0.2) is 11.7 Å². The lowest BCUT2D eigenvalue weighted by Gasteiger charge is -2.22. The van der Waals surface area contributed by atoms with Gasteiger partial charge in [0.05, 0.1) is 18.6 Å². The zero-order valence-electron chi connectivity index (χ0n) is 13.8. The van der Waals surface area contributed by atoms with Crippen LogP contribution >= 0.6 is 27.7 Å². The number of rotatable bonds is 6. The van der Waals surface area contributed by atoms with Crippen LogP contribution < -0.4 is 4.90 Å². The molecule has 128 valence electrons. The second-order valence-corrected chi connectivity index (χ2v) is 7.60. The number of thioether (sulfide) groups is 1. The van der Waals surface area contributed by atoms with E-state index in [4.69, 9.17) is 4.42 Å². The number of amides is 1. The van der Waals surface area contributed by atoms with E-state index in [-0.39, 0.29) is 5.91 Å². The van der Waals surface area contributed by atoms with E-state index in [1.54, 1.807) is 11.2 Å². The fourth-order valence-corrected chi connectivity index (χ4v) is 3.40. The predicted molar refractivity (Wildman–Crippen MR) is 106 cm³/mol. The molecule has 3 nitrogen and oxygen atoms in total. The number of benzene rings is 2. The van der Waals surface area contributed by atoms with E-state index in [1.807, 2.05) is 67.6 Å². The highest BCUT2D eigenvalue weighted by molar-refractivity contribution is 9.10. The summed E-state index contributed by atoms with van der Waals surface area (Å²) < 4.78 is 6.46. The summed E-state index contributed by atoms with van der Waals surface area (Å²) in [6.45, 7) is 2.46. The minimum atomic E-state index is 0.0492. The van der Waals surface area contributed by atoms with Crippen molar-refractivity contribution in [2.24, 2.45) is 0 Å². The fraction of sp³-hybridized carbons (Fsp3) is 0.150. The summed E-state index contributed by atoms with van der Waals surface area (Å²) in [4.78, 5) is 15.7. The third-order valence-corrected chi connectivity index (χ3v) is 5.24. The van der Waals surface area contributed by atoms with Gasteiger partial charge < -0.3 is 9.32 Å². The molecule has 3 rings (SSSR count). The third-order valence-electron chi connectivity index (χ3n) is 3.72. The lowest BCUT2D eigenvalue weighted by Crippen LogP contribution is -2.31. The molecule has 0 atom stereocenters. The molecular weight excluding hydrogens is 398 g/mol. The second kappa shape index (κ2) is 8.41. The molecule has 0 aliphatic rings. The Hall–Kier alpha value is -1.98. The molecule has 0 bridgehead atoms. The van der Waals surface area contributed by atoms with Crippen molar-refractivity contribution < 1.29 is 9.21 Å². The summed E-state index contributed by atoms with van der Waals surface area (Å²) >= 11 is 4.96. The first kappa shape index (κ1) is 17.8. The lowest BCUT2D eigenvalue weighted by atomic mass is 10.2. The van der Waals surface area contributed by atoms with Crippen LogP contribution in [0.4, 0.5) is 5.69 Å². The molecule has 5 heteroatoms. The van der Waals surface area contributed by atoms with Crippen LogP contribution in [-0.2, 0) is 11.3 Å². The Morgan fingerprint density at radius 3 is 2.44 bits per heavy atom. The first-order valence-electron chi connectivity index (χ1n) is 7.89. The van der Waals surface area contributed by atoms with Gasteiger partial charge in [0.2, 0.25) is 5.91 Å². The number of furan rings is 1. The predicted octanol–water partition coefficient (Wildman–Crippen LogP) is 5.68. The molecule has 0 N–H and O–H groups in total. The number of carbonyl (C=O) groups is 1. The van der Waals surface area contributed by atoms with Gasteiger partial charge in [0, 0.05) is 15.1 Å². The van der Waals surface area contributed by atoms with Gasteiger partial charge >= 0.3 is 0 Å². The van der Waals surface area contributed by atoms with Crippen LogP contribution in [0.25, 0.3) is 0 Å². The molecule has 25 heavy (non-hydrogen) atoms. The van der Waals surface area contributed by atoms with E-state index in [0.29, 0.717) is 12.3 Å².